The van der Waals surface area contributed by atoms with Crippen molar-refractivity contribution < 1.29 is 9.90 Å². The minimum atomic E-state index is -0.519. The Morgan fingerprint density at radius 2 is 1.56 bits per heavy atom. The first-order valence-electron chi connectivity index (χ1n) is 6.70. The summed E-state index contributed by atoms with van der Waals surface area (Å²) in [6.45, 7) is 4.54. The number of rotatable bonds is 2. The van der Waals surface area contributed by atoms with Crippen molar-refractivity contribution in [3.63, 3.8) is 0 Å². The summed E-state index contributed by atoms with van der Waals surface area (Å²) in [4.78, 5) is 11.7. The second-order valence-electron chi connectivity index (χ2n) is 6.61. The van der Waals surface area contributed by atoms with Crippen molar-refractivity contribution in [3.05, 3.63) is 0 Å². The molecule has 0 saturated heterocycles. The molecule has 0 spiro atoms. The average molecular weight is 224 g/mol. The fraction of sp³-hybridized carbons (Fsp3) is 0.929. The second-order valence-corrected chi connectivity index (χ2v) is 6.61. The first kappa shape index (κ1) is 11.9. The molecule has 0 aromatic heterocycles. The molecule has 0 radical (unpaired) electrons. The van der Waals surface area contributed by atoms with Crippen molar-refractivity contribution in [2.45, 2.75) is 65.2 Å². The number of carboxylic acid groups (broad SMARTS) is 1. The molecule has 2 nitrogen and oxygen atoms in total. The van der Waals surface area contributed by atoms with Crippen LogP contribution in [0, 0.1) is 16.7 Å². The number of carbonyl (C=O) groups is 1. The summed E-state index contributed by atoms with van der Waals surface area (Å²) in [5.41, 5.74) is -0.0103. The van der Waals surface area contributed by atoms with Crippen LogP contribution in [-0.4, -0.2) is 11.1 Å². The molecule has 2 rings (SSSR count). The molecule has 1 N–H and O–H groups in total. The predicted octanol–water partition coefficient (Wildman–Crippen LogP) is 3.85. The second kappa shape index (κ2) is 4.05. The molecular formula is C14H24O2. The van der Waals surface area contributed by atoms with E-state index in [2.05, 4.69) is 13.8 Å². The Bertz CT molecular complexity index is 264. The zero-order valence-corrected chi connectivity index (χ0v) is 10.6. The fourth-order valence-corrected chi connectivity index (χ4v) is 3.65. The first-order chi connectivity index (χ1) is 7.46. The highest BCUT2D eigenvalue weighted by atomic mass is 16.4. The number of carboxylic acids is 1. The zero-order valence-electron chi connectivity index (χ0n) is 10.6. The van der Waals surface area contributed by atoms with E-state index in [0.29, 0.717) is 11.3 Å². The molecule has 0 aliphatic heterocycles. The Morgan fingerprint density at radius 1 is 1.06 bits per heavy atom. The molecule has 2 saturated carbocycles. The molecular weight excluding hydrogens is 200 g/mol. The highest BCUT2D eigenvalue weighted by molar-refractivity contribution is 5.75. The Hall–Kier alpha value is -0.530. The van der Waals surface area contributed by atoms with Gasteiger partial charge in [0.2, 0.25) is 0 Å². The minimum Gasteiger partial charge on any atom is -0.481 e. The van der Waals surface area contributed by atoms with E-state index in [1.165, 1.54) is 12.8 Å². The smallest absolute Gasteiger partial charge is 0.309 e. The number of hydrogen-bond acceptors (Lipinski definition) is 1. The van der Waals surface area contributed by atoms with E-state index >= 15 is 0 Å². The van der Waals surface area contributed by atoms with E-state index in [9.17, 15) is 9.90 Å². The fourth-order valence-electron chi connectivity index (χ4n) is 3.65. The molecule has 0 aromatic rings. The molecule has 0 unspecified atom stereocenters. The topological polar surface area (TPSA) is 37.3 Å². The number of aliphatic carboxylic acids is 1. The van der Waals surface area contributed by atoms with Crippen molar-refractivity contribution in [2.24, 2.45) is 16.7 Å². The lowest BCUT2D eigenvalue weighted by atomic mass is 9.59. The molecule has 0 bridgehead atoms. The van der Waals surface area contributed by atoms with Gasteiger partial charge in [0.05, 0.1) is 5.41 Å². The van der Waals surface area contributed by atoms with Crippen LogP contribution in [0.5, 0.6) is 0 Å². The van der Waals surface area contributed by atoms with E-state index in [-0.39, 0.29) is 5.41 Å². The van der Waals surface area contributed by atoms with Gasteiger partial charge in [0.15, 0.2) is 0 Å². The molecule has 0 amide bonds. The quantitative estimate of drug-likeness (QED) is 0.773. The van der Waals surface area contributed by atoms with E-state index in [0.717, 1.165) is 38.5 Å². The summed E-state index contributed by atoms with van der Waals surface area (Å²) in [5, 5.41) is 9.62. The minimum absolute atomic E-state index is 0.359. The molecule has 16 heavy (non-hydrogen) atoms. The van der Waals surface area contributed by atoms with Crippen LogP contribution >= 0.6 is 0 Å². The van der Waals surface area contributed by atoms with Crippen LogP contribution in [0.15, 0.2) is 0 Å². The Balaban J connectivity index is 2.14. The number of hydrogen-bond donors (Lipinski definition) is 1. The summed E-state index contributed by atoms with van der Waals surface area (Å²) < 4.78 is 0. The molecule has 2 aliphatic carbocycles. The third kappa shape index (κ3) is 1.99. The van der Waals surface area contributed by atoms with Gasteiger partial charge in [0, 0.05) is 0 Å². The van der Waals surface area contributed by atoms with Crippen molar-refractivity contribution in [2.75, 3.05) is 0 Å². The highest BCUT2D eigenvalue weighted by Gasteiger charge is 2.49. The van der Waals surface area contributed by atoms with Gasteiger partial charge in [-0.1, -0.05) is 26.7 Å². The standard InChI is InChI=1S/C14H24O2/c1-13(2)7-9-14(10-8-13,12(15)16)11-5-3-4-6-11/h11H,3-10H2,1-2H3,(H,15,16). The largest absolute Gasteiger partial charge is 0.481 e. The summed E-state index contributed by atoms with van der Waals surface area (Å²) in [7, 11) is 0. The van der Waals surface area contributed by atoms with Crippen LogP contribution in [-0.2, 0) is 4.79 Å². The summed E-state index contributed by atoms with van der Waals surface area (Å²) >= 11 is 0. The maximum atomic E-state index is 11.7. The van der Waals surface area contributed by atoms with E-state index < -0.39 is 5.97 Å². The van der Waals surface area contributed by atoms with Gasteiger partial charge in [-0.05, 0) is 49.9 Å². The van der Waals surface area contributed by atoms with Gasteiger partial charge < -0.3 is 5.11 Å². The lowest BCUT2D eigenvalue weighted by molar-refractivity contribution is -0.157. The Kier molecular flexibility index (Phi) is 3.02. The summed E-state index contributed by atoms with van der Waals surface area (Å²) in [5.74, 6) is -0.0593. The van der Waals surface area contributed by atoms with Crippen LogP contribution in [0.4, 0.5) is 0 Å². The summed E-state index contributed by atoms with van der Waals surface area (Å²) in [6, 6.07) is 0. The lowest BCUT2D eigenvalue weighted by Gasteiger charge is -2.44. The third-order valence-electron chi connectivity index (χ3n) is 5.06. The average Bonchev–Trinajstić information content (AvgIpc) is 2.71. The third-order valence-corrected chi connectivity index (χ3v) is 5.06. The Morgan fingerprint density at radius 3 is 2.00 bits per heavy atom. The van der Waals surface area contributed by atoms with Gasteiger partial charge in [-0.3, -0.25) is 4.79 Å². The monoisotopic (exact) mass is 224 g/mol. The van der Waals surface area contributed by atoms with Gasteiger partial charge in [0.25, 0.3) is 0 Å². The highest BCUT2D eigenvalue weighted by Crippen LogP contribution is 2.53. The molecule has 2 heteroatoms. The van der Waals surface area contributed by atoms with Crippen molar-refractivity contribution in [1.29, 1.82) is 0 Å². The molecule has 2 fully saturated rings. The maximum Gasteiger partial charge on any atom is 0.309 e. The molecule has 0 heterocycles. The van der Waals surface area contributed by atoms with Crippen LogP contribution in [0.25, 0.3) is 0 Å². The normalized spacial score (nSPS) is 29.1. The van der Waals surface area contributed by atoms with Crippen molar-refractivity contribution >= 4 is 5.97 Å². The van der Waals surface area contributed by atoms with E-state index in [4.69, 9.17) is 0 Å². The van der Waals surface area contributed by atoms with Gasteiger partial charge in [-0.25, -0.2) is 0 Å². The SMILES string of the molecule is CC1(C)CCC(C(=O)O)(C2CCCC2)CC1. The molecule has 0 atom stereocenters. The maximum absolute atomic E-state index is 11.7. The van der Waals surface area contributed by atoms with Crippen molar-refractivity contribution in [1.82, 2.24) is 0 Å². The van der Waals surface area contributed by atoms with Crippen LogP contribution in [0.1, 0.15) is 65.2 Å². The van der Waals surface area contributed by atoms with Gasteiger partial charge in [0.1, 0.15) is 0 Å². The summed E-state index contributed by atoms with van der Waals surface area (Å²) in [6.07, 6.45) is 8.73. The van der Waals surface area contributed by atoms with E-state index in [1.807, 2.05) is 0 Å². The van der Waals surface area contributed by atoms with Gasteiger partial charge >= 0.3 is 5.97 Å². The predicted molar refractivity (Wildman–Crippen MR) is 64.3 cm³/mol. The zero-order chi connectivity index (χ0) is 11.8. The van der Waals surface area contributed by atoms with Gasteiger partial charge in [-0.15, -0.1) is 0 Å². The van der Waals surface area contributed by atoms with E-state index in [1.54, 1.807) is 0 Å². The molecule has 0 aromatic carbocycles. The van der Waals surface area contributed by atoms with Crippen LogP contribution in [0.3, 0.4) is 0 Å². The molecule has 92 valence electrons. The van der Waals surface area contributed by atoms with Gasteiger partial charge in [-0.2, -0.15) is 0 Å². The van der Waals surface area contributed by atoms with Crippen molar-refractivity contribution in [3.8, 4) is 0 Å². The van der Waals surface area contributed by atoms with Crippen LogP contribution in [0.2, 0.25) is 0 Å². The first-order valence-corrected chi connectivity index (χ1v) is 6.70. The van der Waals surface area contributed by atoms with Crippen LogP contribution < -0.4 is 0 Å². The molecule has 2 aliphatic rings. The lowest BCUT2D eigenvalue weighted by Crippen LogP contribution is -2.42. The Labute approximate surface area is 98.4 Å².